The first-order valence-electron chi connectivity index (χ1n) is 7.56. The molecule has 0 heterocycles. The second-order valence-electron chi connectivity index (χ2n) is 5.33. The molecule has 0 aromatic heterocycles. The summed E-state index contributed by atoms with van der Waals surface area (Å²) in [4.78, 5) is 35.6. The van der Waals surface area contributed by atoms with Gasteiger partial charge >= 0.3 is 12.1 Å². The summed E-state index contributed by atoms with van der Waals surface area (Å²) in [6, 6.07) is 10.1. The van der Waals surface area contributed by atoms with Crippen LogP contribution in [0.2, 0.25) is 0 Å². The van der Waals surface area contributed by atoms with Gasteiger partial charge in [-0.25, -0.2) is 4.79 Å². The van der Waals surface area contributed by atoms with Crippen molar-refractivity contribution in [2.75, 3.05) is 12.4 Å². The molecule has 0 aliphatic carbocycles. The van der Waals surface area contributed by atoms with E-state index in [0.717, 1.165) is 23.9 Å². The number of alkyl halides is 3. The predicted octanol–water partition coefficient (Wildman–Crippen LogP) is 3.32. The lowest BCUT2D eigenvalue weighted by Gasteiger charge is -2.10. The molecule has 0 aliphatic heterocycles. The number of esters is 1. The number of Topliss-reactive ketones (excluding diaryl/α,β-unsaturated/α-hetero) is 1. The summed E-state index contributed by atoms with van der Waals surface area (Å²) in [5.41, 5.74) is 4.02. The summed E-state index contributed by atoms with van der Waals surface area (Å²) in [7, 11) is 0. The maximum Gasteiger partial charge on any atom is 0.416 e. The van der Waals surface area contributed by atoms with E-state index in [1.807, 2.05) is 0 Å². The molecule has 2 N–H and O–H groups in total. The largest absolute Gasteiger partial charge is 0.454 e. The number of carbonyl (C=O) groups is 3. The molecule has 0 fully saturated rings. The van der Waals surface area contributed by atoms with Gasteiger partial charge in [-0.3, -0.25) is 9.59 Å². The standard InChI is InChI=1S/C18H14F3NO4S/c19-18(20,21)12-5-3-4-11(8-12)14(23)9-26-17(25)13-6-1-2-7-15(13)27-10-16(22)24/h1-8H,9-10H2,(H2,22,24). The molecule has 142 valence electrons. The van der Waals surface area contributed by atoms with E-state index in [0.29, 0.717) is 11.0 Å². The number of hydrogen-bond donors (Lipinski definition) is 1. The van der Waals surface area contributed by atoms with E-state index in [2.05, 4.69) is 0 Å². The van der Waals surface area contributed by atoms with Crippen LogP contribution in [0, 0.1) is 0 Å². The predicted molar refractivity (Wildman–Crippen MR) is 92.4 cm³/mol. The minimum atomic E-state index is -4.58. The molecule has 1 amide bonds. The highest BCUT2D eigenvalue weighted by atomic mass is 32.2. The van der Waals surface area contributed by atoms with Crippen molar-refractivity contribution in [3.05, 3.63) is 65.2 Å². The fourth-order valence-corrected chi connectivity index (χ4v) is 2.85. The van der Waals surface area contributed by atoms with Crippen molar-refractivity contribution in [2.24, 2.45) is 5.73 Å². The summed E-state index contributed by atoms with van der Waals surface area (Å²) in [5.74, 6) is -2.21. The molecule has 5 nitrogen and oxygen atoms in total. The maximum atomic E-state index is 12.7. The molecule has 2 aromatic rings. The van der Waals surface area contributed by atoms with Gasteiger partial charge < -0.3 is 10.5 Å². The summed E-state index contributed by atoms with van der Waals surface area (Å²) in [5, 5.41) is 0. The van der Waals surface area contributed by atoms with Crippen LogP contribution in [0.3, 0.4) is 0 Å². The number of amides is 1. The Balaban J connectivity index is 2.06. The van der Waals surface area contributed by atoms with E-state index >= 15 is 0 Å². The van der Waals surface area contributed by atoms with Gasteiger partial charge in [0.2, 0.25) is 5.91 Å². The molecule has 0 bridgehead atoms. The number of hydrogen-bond acceptors (Lipinski definition) is 5. The third kappa shape index (κ3) is 5.85. The van der Waals surface area contributed by atoms with Crippen LogP contribution < -0.4 is 5.73 Å². The van der Waals surface area contributed by atoms with Crippen molar-refractivity contribution in [1.29, 1.82) is 0 Å². The first kappa shape index (κ1) is 20.5. The second-order valence-corrected chi connectivity index (χ2v) is 6.35. The minimum Gasteiger partial charge on any atom is -0.454 e. The molecule has 2 rings (SSSR count). The molecule has 0 saturated carbocycles. The van der Waals surface area contributed by atoms with Gasteiger partial charge in [0.1, 0.15) is 0 Å². The van der Waals surface area contributed by atoms with Crippen molar-refractivity contribution in [3.63, 3.8) is 0 Å². The van der Waals surface area contributed by atoms with Gasteiger partial charge in [-0.2, -0.15) is 13.2 Å². The van der Waals surface area contributed by atoms with Crippen LogP contribution in [0.5, 0.6) is 0 Å². The SMILES string of the molecule is NC(=O)CSc1ccccc1C(=O)OCC(=O)c1cccc(C(F)(F)F)c1. The molecule has 27 heavy (non-hydrogen) atoms. The van der Waals surface area contributed by atoms with Crippen molar-refractivity contribution < 1.29 is 32.3 Å². The van der Waals surface area contributed by atoms with Crippen LogP contribution in [-0.4, -0.2) is 30.0 Å². The Hall–Kier alpha value is -2.81. The van der Waals surface area contributed by atoms with E-state index in [9.17, 15) is 27.6 Å². The molecule has 0 aliphatic rings. The van der Waals surface area contributed by atoms with Crippen molar-refractivity contribution in [3.8, 4) is 0 Å². The van der Waals surface area contributed by atoms with Gasteiger partial charge in [-0.1, -0.05) is 24.3 Å². The zero-order chi connectivity index (χ0) is 20.0. The van der Waals surface area contributed by atoms with Gasteiger partial charge in [-0.15, -0.1) is 11.8 Å². The van der Waals surface area contributed by atoms with Crippen LogP contribution in [0.4, 0.5) is 13.2 Å². The number of nitrogens with two attached hydrogens (primary N) is 1. The van der Waals surface area contributed by atoms with Gasteiger partial charge in [0.25, 0.3) is 0 Å². The Morgan fingerprint density at radius 1 is 1.04 bits per heavy atom. The molecule has 0 unspecified atom stereocenters. The zero-order valence-electron chi connectivity index (χ0n) is 13.8. The summed E-state index contributed by atoms with van der Waals surface area (Å²) >= 11 is 1.03. The Morgan fingerprint density at radius 3 is 2.41 bits per heavy atom. The number of ether oxygens (including phenoxy) is 1. The van der Waals surface area contributed by atoms with Gasteiger partial charge in [-0.05, 0) is 24.3 Å². The van der Waals surface area contributed by atoms with Gasteiger partial charge in [0.05, 0.1) is 16.9 Å². The molecule has 9 heteroatoms. The fraction of sp³-hybridized carbons (Fsp3) is 0.167. The number of benzene rings is 2. The van der Waals surface area contributed by atoms with Crippen LogP contribution in [-0.2, 0) is 15.7 Å². The van der Waals surface area contributed by atoms with Gasteiger partial charge in [0, 0.05) is 10.5 Å². The lowest BCUT2D eigenvalue weighted by atomic mass is 10.1. The van der Waals surface area contributed by atoms with Crippen LogP contribution in [0.15, 0.2) is 53.4 Å². The molecule has 0 saturated heterocycles. The Kier molecular flexibility index (Phi) is 6.62. The van der Waals surface area contributed by atoms with E-state index in [1.165, 1.54) is 12.1 Å². The third-order valence-electron chi connectivity index (χ3n) is 3.32. The monoisotopic (exact) mass is 397 g/mol. The first-order chi connectivity index (χ1) is 12.7. The lowest BCUT2D eigenvalue weighted by molar-refractivity contribution is -0.137. The third-order valence-corrected chi connectivity index (χ3v) is 4.42. The smallest absolute Gasteiger partial charge is 0.416 e. The van der Waals surface area contributed by atoms with E-state index in [1.54, 1.807) is 18.2 Å². The molecule has 2 aromatic carbocycles. The number of ketones is 1. The second kappa shape index (κ2) is 8.72. The fourth-order valence-electron chi connectivity index (χ4n) is 2.07. The lowest BCUT2D eigenvalue weighted by Crippen LogP contribution is -2.16. The van der Waals surface area contributed by atoms with Gasteiger partial charge in [0.15, 0.2) is 12.4 Å². The molecular formula is C18H14F3NO4S. The van der Waals surface area contributed by atoms with Crippen molar-refractivity contribution in [2.45, 2.75) is 11.1 Å². The number of carbonyl (C=O) groups excluding carboxylic acids is 3. The quantitative estimate of drug-likeness (QED) is 0.440. The highest BCUT2D eigenvalue weighted by Gasteiger charge is 2.31. The Labute approximate surface area is 156 Å². The number of thioether (sulfide) groups is 1. The van der Waals surface area contributed by atoms with E-state index in [4.69, 9.17) is 10.5 Å². The van der Waals surface area contributed by atoms with E-state index < -0.39 is 36.0 Å². The van der Waals surface area contributed by atoms with Crippen LogP contribution >= 0.6 is 11.8 Å². The summed E-state index contributed by atoms with van der Waals surface area (Å²) in [6.45, 7) is -0.713. The Morgan fingerprint density at radius 2 is 1.74 bits per heavy atom. The highest BCUT2D eigenvalue weighted by molar-refractivity contribution is 8.00. The van der Waals surface area contributed by atoms with Crippen molar-refractivity contribution in [1.82, 2.24) is 0 Å². The average Bonchev–Trinajstić information content (AvgIpc) is 2.63. The summed E-state index contributed by atoms with van der Waals surface area (Å²) in [6.07, 6.45) is -4.58. The minimum absolute atomic E-state index is 0.0482. The van der Waals surface area contributed by atoms with Crippen LogP contribution in [0.1, 0.15) is 26.3 Å². The molecule has 0 radical (unpaired) electrons. The zero-order valence-corrected chi connectivity index (χ0v) is 14.6. The average molecular weight is 397 g/mol. The van der Waals surface area contributed by atoms with Crippen LogP contribution in [0.25, 0.3) is 0 Å². The molecule has 0 spiro atoms. The maximum absolute atomic E-state index is 12.7. The number of rotatable bonds is 7. The topological polar surface area (TPSA) is 86.5 Å². The summed E-state index contributed by atoms with van der Waals surface area (Å²) < 4.78 is 43.0. The Bertz CT molecular complexity index is 868. The highest BCUT2D eigenvalue weighted by Crippen LogP contribution is 2.29. The number of primary amides is 1. The molecule has 0 atom stereocenters. The number of halogens is 3. The first-order valence-corrected chi connectivity index (χ1v) is 8.55. The normalized spacial score (nSPS) is 11.1. The van der Waals surface area contributed by atoms with E-state index in [-0.39, 0.29) is 16.9 Å². The molecular weight excluding hydrogens is 383 g/mol. The van der Waals surface area contributed by atoms with Crippen molar-refractivity contribution >= 4 is 29.4 Å².